The highest BCUT2D eigenvalue weighted by Crippen LogP contribution is 2.39. The quantitative estimate of drug-likeness (QED) is 0.784. The molecule has 0 radical (unpaired) electrons. The summed E-state index contributed by atoms with van der Waals surface area (Å²) in [5.74, 6) is -1.10. The molecule has 0 aliphatic carbocycles. The summed E-state index contributed by atoms with van der Waals surface area (Å²) < 4.78 is 0. The van der Waals surface area contributed by atoms with Gasteiger partial charge >= 0.3 is 5.97 Å². The van der Waals surface area contributed by atoms with Gasteiger partial charge in [0.2, 0.25) is 0 Å². The number of carboxylic acid groups (broad SMARTS) is 1. The van der Waals surface area contributed by atoms with Crippen LogP contribution in [0, 0.1) is 5.92 Å². The molecule has 1 aromatic carbocycles. The zero-order chi connectivity index (χ0) is 17.6. The lowest BCUT2D eigenvalue weighted by atomic mass is 9.79. The molecule has 134 valence electrons. The lowest BCUT2D eigenvalue weighted by molar-refractivity contribution is -0.140. The Labute approximate surface area is 147 Å². The summed E-state index contributed by atoms with van der Waals surface area (Å²) in [5, 5.41) is 21.9. The molecule has 2 aromatic rings. The summed E-state index contributed by atoms with van der Waals surface area (Å²) in [7, 11) is 0. The van der Waals surface area contributed by atoms with Crippen molar-refractivity contribution >= 4 is 16.9 Å². The molecule has 3 N–H and O–H groups in total. The van der Waals surface area contributed by atoms with Gasteiger partial charge in [0.1, 0.15) is 0 Å². The van der Waals surface area contributed by atoms with Gasteiger partial charge in [-0.25, -0.2) is 0 Å². The molecule has 2 aliphatic rings. The monoisotopic (exact) mass is 342 g/mol. The highest BCUT2D eigenvalue weighted by molar-refractivity contribution is 5.87. The fraction of sp³-hybridized carbons (Fsp3) is 0.550. The number of para-hydroxylation sites is 1. The lowest BCUT2D eigenvalue weighted by Gasteiger charge is -2.43. The van der Waals surface area contributed by atoms with Crippen molar-refractivity contribution in [1.82, 2.24) is 9.88 Å². The van der Waals surface area contributed by atoms with Gasteiger partial charge in [-0.2, -0.15) is 0 Å². The first-order chi connectivity index (χ1) is 12.0. The smallest absolute Gasteiger partial charge is 0.312 e. The second-order valence-corrected chi connectivity index (χ2v) is 7.82. The fourth-order valence-corrected chi connectivity index (χ4v) is 4.83. The summed E-state index contributed by atoms with van der Waals surface area (Å²) in [6.07, 6.45) is 2.80. The third-order valence-electron chi connectivity index (χ3n) is 6.10. The molecule has 0 saturated carbocycles. The molecule has 1 fully saturated rings. The molecule has 25 heavy (non-hydrogen) atoms. The molecular formula is C20H26N2O3. The molecule has 0 spiro atoms. The van der Waals surface area contributed by atoms with E-state index in [1.807, 2.05) is 25.1 Å². The van der Waals surface area contributed by atoms with E-state index < -0.39 is 17.5 Å². The number of piperidine rings is 1. The summed E-state index contributed by atoms with van der Waals surface area (Å²) in [6, 6.07) is 8.08. The van der Waals surface area contributed by atoms with Crippen molar-refractivity contribution in [2.24, 2.45) is 5.92 Å². The average molecular weight is 342 g/mol. The minimum Gasteiger partial charge on any atom is -0.481 e. The number of H-pyrrole nitrogens is 1. The van der Waals surface area contributed by atoms with Crippen LogP contribution in [0.4, 0.5) is 0 Å². The highest BCUT2D eigenvalue weighted by atomic mass is 16.4. The Morgan fingerprint density at radius 2 is 2.20 bits per heavy atom. The molecule has 4 atom stereocenters. The van der Waals surface area contributed by atoms with Crippen molar-refractivity contribution in [3.63, 3.8) is 0 Å². The lowest BCUT2D eigenvalue weighted by Crippen LogP contribution is -2.51. The van der Waals surface area contributed by atoms with Crippen LogP contribution in [-0.4, -0.2) is 51.3 Å². The zero-order valence-corrected chi connectivity index (χ0v) is 14.7. The van der Waals surface area contributed by atoms with Crippen molar-refractivity contribution in [3.05, 3.63) is 35.5 Å². The second-order valence-electron chi connectivity index (χ2n) is 7.82. The maximum atomic E-state index is 12.1. The summed E-state index contributed by atoms with van der Waals surface area (Å²) in [4.78, 5) is 17.8. The van der Waals surface area contributed by atoms with E-state index in [2.05, 4.69) is 16.0 Å². The third-order valence-corrected chi connectivity index (χ3v) is 6.10. The number of carbonyl (C=O) groups is 1. The number of benzene rings is 1. The molecule has 4 rings (SSSR count). The number of hydrogen-bond acceptors (Lipinski definition) is 3. The Balaban J connectivity index is 1.79. The summed E-state index contributed by atoms with van der Waals surface area (Å²) in [6.45, 7) is 4.45. The van der Waals surface area contributed by atoms with Crippen LogP contribution in [0.15, 0.2) is 24.3 Å². The van der Waals surface area contributed by atoms with Crippen LogP contribution in [0.1, 0.15) is 43.4 Å². The number of carboxylic acids is 1. The van der Waals surface area contributed by atoms with E-state index in [-0.39, 0.29) is 5.92 Å². The molecule has 5 nitrogen and oxygen atoms in total. The standard InChI is InChI=1S/C20H26N2O3/c1-2-20(25)10-13-9-16(19(23)24)18-15(7-8-22(11-13)12-20)14-5-3-4-6-17(14)21-18/h3-6,13,16,21,25H,2,7-12H2,1H3,(H,23,24). The van der Waals surface area contributed by atoms with Crippen molar-refractivity contribution in [2.45, 2.75) is 44.1 Å². The number of nitrogens with one attached hydrogen (secondary N) is 1. The maximum absolute atomic E-state index is 12.1. The molecule has 3 unspecified atom stereocenters. The number of fused-ring (bicyclic) bond motifs is 5. The Kier molecular flexibility index (Phi) is 4.08. The van der Waals surface area contributed by atoms with E-state index in [0.29, 0.717) is 25.8 Å². The molecule has 3 heterocycles. The van der Waals surface area contributed by atoms with Gasteiger partial charge in [0.05, 0.1) is 11.5 Å². The average Bonchev–Trinajstić information content (AvgIpc) is 2.96. The van der Waals surface area contributed by atoms with Gasteiger partial charge in [0, 0.05) is 36.2 Å². The SMILES string of the molecule is CCC1(O)CC2CC(C(=O)O)c3[nH]c4ccccc4c3CC[N@@](C2)C1. The van der Waals surface area contributed by atoms with Gasteiger partial charge in [-0.1, -0.05) is 25.1 Å². The van der Waals surface area contributed by atoms with E-state index in [9.17, 15) is 15.0 Å². The fourth-order valence-electron chi connectivity index (χ4n) is 4.83. The van der Waals surface area contributed by atoms with Crippen LogP contribution in [-0.2, 0) is 11.2 Å². The van der Waals surface area contributed by atoms with Gasteiger partial charge in [-0.05, 0) is 43.2 Å². The number of hydrogen-bond donors (Lipinski definition) is 3. The number of aromatic nitrogens is 1. The van der Waals surface area contributed by atoms with Crippen molar-refractivity contribution in [3.8, 4) is 0 Å². The third kappa shape index (κ3) is 2.96. The first kappa shape index (κ1) is 16.6. The van der Waals surface area contributed by atoms with E-state index in [1.165, 1.54) is 0 Å². The minimum atomic E-state index is -0.771. The molecule has 1 aromatic heterocycles. The first-order valence-corrected chi connectivity index (χ1v) is 9.26. The highest BCUT2D eigenvalue weighted by Gasteiger charge is 2.40. The van der Waals surface area contributed by atoms with Gasteiger partial charge in [0.25, 0.3) is 0 Å². The normalized spacial score (nSPS) is 32.5. The Bertz CT molecular complexity index is 799. The largest absolute Gasteiger partial charge is 0.481 e. The van der Waals surface area contributed by atoms with Crippen molar-refractivity contribution in [2.75, 3.05) is 19.6 Å². The Morgan fingerprint density at radius 3 is 2.96 bits per heavy atom. The second kappa shape index (κ2) is 6.15. The van der Waals surface area contributed by atoms with Crippen molar-refractivity contribution < 1.29 is 15.0 Å². The summed E-state index contributed by atoms with van der Waals surface area (Å²) >= 11 is 0. The van der Waals surface area contributed by atoms with Crippen LogP contribution in [0.5, 0.6) is 0 Å². The van der Waals surface area contributed by atoms with Gasteiger partial charge in [0.15, 0.2) is 0 Å². The van der Waals surface area contributed by atoms with E-state index >= 15 is 0 Å². The Morgan fingerprint density at radius 1 is 1.40 bits per heavy atom. The Hall–Kier alpha value is -1.85. The molecule has 2 bridgehead atoms. The van der Waals surface area contributed by atoms with E-state index in [0.717, 1.165) is 41.7 Å². The van der Waals surface area contributed by atoms with Gasteiger partial charge < -0.3 is 15.2 Å². The number of aliphatic carboxylic acids is 1. The first-order valence-electron chi connectivity index (χ1n) is 9.26. The van der Waals surface area contributed by atoms with Crippen molar-refractivity contribution in [1.29, 1.82) is 0 Å². The van der Waals surface area contributed by atoms with Crippen LogP contribution in [0.2, 0.25) is 0 Å². The van der Waals surface area contributed by atoms with Gasteiger partial charge in [-0.15, -0.1) is 0 Å². The molecule has 2 aliphatic heterocycles. The predicted octanol–water partition coefficient (Wildman–Crippen LogP) is 2.75. The summed E-state index contributed by atoms with van der Waals surface area (Å²) in [5.41, 5.74) is 2.33. The number of aliphatic hydroxyl groups is 1. The van der Waals surface area contributed by atoms with Crippen LogP contribution < -0.4 is 0 Å². The van der Waals surface area contributed by atoms with E-state index in [4.69, 9.17) is 0 Å². The molecular weight excluding hydrogens is 316 g/mol. The predicted molar refractivity (Wildman–Crippen MR) is 96.8 cm³/mol. The number of rotatable bonds is 2. The zero-order valence-electron chi connectivity index (χ0n) is 14.7. The van der Waals surface area contributed by atoms with Crippen LogP contribution in [0.3, 0.4) is 0 Å². The van der Waals surface area contributed by atoms with Gasteiger partial charge in [-0.3, -0.25) is 9.69 Å². The molecule has 0 amide bonds. The van der Waals surface area contributed by atoms with Crippen LogP contribution in [0.25, 0.3) is 10.9 Å². The number of nitrogens with zero attached hydrogens (tertiary/aromatic N) is 1. The number of aromatic amines is 1. The maximum Gasteiger partial charge on any atom is 0.312 e. The van der Waals surface area contributed by atoms with E-state index in [1.54, 1.807) is 0 Å². The molecule has 5 heteroatoms. The topological polar surface area (TPSA) is 76.6 Å². The minimum absolute atomic E-state index is 0.206. The molecule has 1 saturated heterocycles. The van der Waals surface area contributed by atoms with Crippen LogP contribution >= 0.6 is 0 Å².